The number of nitrogens with zero attached hydrogens (tertiary/aromatic N) is 4. The number of benzene rings is 1. The maximum Gasteiger partial charge on any atom is 0.172 e. The third-order valence-electron chi connectivity index (χ3n) is 4.55. The Morgan fingerprint density at radius 2 is 1.89 bits per heavy atom. The van der Waals surface area contributed by atoms with Crippen LogP contribution in [-0.2, 0) is 0 Å². The number of rotatable bonds is 4. The van der Waals surface area contributed by atoms with Crippen molar-refractivity contribution in [3.05, 3.63) is 48.0 Å². The standard InChI is InChI=1S/C19H18N6S2/c1-2-16(27-9-1)18-22-15-12-20-24-17(15)19(23-18)21-13-3-5-14(6-4-13)25-7-10-26-11-8-25/h1-6,9,12H,7-8,10-11H2,(H,20,24)(H,21,22,23). The van der Waals surface area contributed by atoms with Gasteiger partial charge in [0.1, 0.15) is 11.0 Å². The third-order valence-corrected chi connectivity index (χ3v) is 6.36. The number of fused-ring (bicyclic) bond motifs is 1. The maximum absolute atomic E-state index is 4.73. The largest absolute Gasteiger partial charge is 0.370 e. The molecule has 1 aliphatic heterocycles. The van der Waals surface area contributed by atoms with E-state index in [4.69, 9.17) is 4.98 Å². The molecule has 136 valence electrons. The number of aromatic amines is 1. The summed E-state index contributed by atoms with van der Waals surface area (Å²) in [4.78, 5) is 12.8. The van der Waals surface area contributed by atoms with E-state index in [0.29, 0.717) is 5.82 Å². The van der Waals surface area contributed by atoms with Crippen molar-refractivity contribution in [3.8, 4) is 10.7 Å². The molecule has 0 unspecified atom stereocenters. The molecular weight excluding hydrogens is 376 g/mol. The highest BCUT2D eigenvalue weighted by Gasteiger charge is 2.13. The zero-order valence-corrected chi connectivity index (χ0v) is 16.2. The van der Waals surface area contributed by atoms with Crippen molar-refractivity contribution < 1.29 is 0 Å². The molecule has 0 amide bonds. The summed E-state index contributed by atoms with van der Waals surface area (Å²) in [5.74, 6) is 3.85. The van der Waals surface area contributed by atoms with Crippen molar-refractivity contribution in [3.63, 3.8) is 0 Å². The molecule has 1 saturated heterocycles. The summed E-state index contributed by atoms with van der Waals surface area (Å²) >= 11 is 3.65. The number of nitrogens with one attached hydrogen (secondary N) is 2. The first-order chi connectivity index (χ1) is 13.4. The Kier molecular flexibility index (Phi) is 4.43. The van der Waals surface area contributed by atoms with E-state index in [2.05, 4.69) is 49.7 Å². The van der Waals surface area contributed by atoms with Gasteiger partial charge < -0.3 is 10.2 Å². The van der Waals surface area contributed by atoms with Gasteiger partial charge in [-0.3, -0.25) is 5.10 Å². The minimum atomic E-state index is 0.712. The smallest absolute Gasteiger partial charge is 0.172 e. The van der Waals surface area contributed by atoms with Gasteiger partial charge in [0, 0.05) is 36.0 Å². The molecule has 0 aliphatic carbocycles. The van der Waals surface area contributed by atoms with Crippen molar-refractivity contribution in [1.82, 2.24) is 20.2 Å². The first-order valence-electron chi connectivity index (χ1n) is 8.81. The van der Waals surface area contributed by atoms with Crippen LogP contribution in [0.2, 0.25) is 0 Å². The topological polar surface area (TPSA) is 69.7 Å². The highest BCUT2D eigenvalue weighted by molar-refractivity contribution is 7.99. The second kappa shape index (κ2) is 7.21. The van der Waals surface area contributed by atoms with Gasteiger partial charge in [-0.05, 0) is 35.7 Å². The van der Waals surface area contributed by atoms with Gasteiger partial charge in [-0.1, -0.05) is 6.07 Å². The Hall–Kier alpha value is -2.58. The second-order valence-corrected chi connectivity index (χ2v) is 8.45. The molecule has 5 rings (SSSR count). The molecular formula is C19H18N6S2. The Morgan fingerprint density at radius 1 is 1.04 bits per heavy atom. The minimum absolute atomic E-state index is 0.712. The van der Waals surface area contributed by atoms with Crippen LogP contribution in [0.15, 0.2) is 48.0 Å². The lowest BCUT2D eigenvalue weighted by Crippen LogP contribution is -2.32. The van der Waals surface area contributed by atoms with E-state index in [-0.39, 0.29) is 0 Å². The van der Waals surface area contributed by atoms with E-state index in [1.54, 1.807) is 17.5 Å². The quantitative estimate of drug-likeness (QED) is 0.535. The van der Waals surface area contributed by atoms with Crippen molar-refractivity contribution in [2.24, 2.45) is 0 Å². The maximum atomic E-state index is 4.73. The Morgan fingerprint density at radius 3 is 2.67 bits per heavy atom. The lowest BCUT2D eigenvalue weighted by atomic mass is 10.2. The molecule has 0 bridgehead atoms. The van der Waals surface area contributed by atoms with Crippen LogP contribution < -0.4 is 10.2 Å². The molecule has 0 atom stereocenters. The predicted octanol–water partition coefficient (Wildman–Crippen LogP) is 4.38. The molecule has 6 nitrogen and oxygen atoms in total. The van der Waals surface area contributed by atoms with E-state index in [1.165, 1.54) is 17.2 Å². The van der Waals surface area contributed by atoms with Gasteiger partial charge in [0.2, 0.25) is 0 Å². The number of aromatic nitrogens is 4. The van der Waals surface area contributed by atoms with E-state index >= 15 is 0 Å². The monoisotopic (exact) mass is 394 g/mol. The van der Waals surface area contributed by atoms with Crippen LogP contribution in [0.5, 0.6) is 0 Å². The molecule has 0 radical (unpaired) electrons. The number of hydrogen-bond acceptors (Lipinski definition) is 7. The molecule has 1 fully saturated rings. The minimum Gasteiger partial charge on any atom is -0.370 e. The Balaban J connectivity index is 1.44. The average molecular weight is 395 g/mol. The van der Waals surface area contributed by atoms with E-state index in [9.17, 15) is 0 Å². The summed E-state index contributed by atoms with van der Waals surface area (Å²) in [7, 11) is 0. The molecule has 1 aliphatic rings. The fourth-order valence-corrected chi connectivity index (χ4v) is 4.72. The van der Waals surface area contributed by atoms with Crippen molar-refractivity contribution in [2.75, 3.05) is 34.8 Å². The molecule has 0 saturated carbocycles. The molecule has 2 N–H and O–H groups in total. The van der Waals surface area contributed by atoms with E-state index < -0.39 is 0 Å². The molecule has 3 aromatic heterocycles. The van der Waals surface area contributed by atoms with Crippen LogP contribution in [-0.4, -0.2) is 44.8 Å². The van der Waals surface area contributed by atoms with E-state index in [1.807, 2.05) is 29.3 Å². The number of thioether (sulfide) groups is 1. The van der Waals surface area contributed by atoms with Crippen molar-refractivity contribution in [1.29, 1.82) is 0 Å². The van der Waals surface area contributed by atoms with Gasteiger partial charge in [0.25, 0.3) is 0 Å². The molecule has 8 heteroatoms. The third kappa shape index (κ3) is 3.38. The highest BCUT2D eigenvalue weighted by atomic mass is 32.2. The van der Waals surface area contributed by atoms with Crippen LogP contribution in [0.4, 0.5) is 17.2 Å². The fraction of sp³-hybridized carbons (Fsp3) is 0.211. The van der Waals surface area contributed by atoms with Crippen LogP contribution in [0, 0.1) is 0 Å². The summed E-state index contributed by atoms with van der Waals surface area (Å²) in [6.07, 6.45) is 1.73. The van der Waals surface area contributed by atoms with Crippen molar-refractivity contribution >= 4 is 51.3 Å². The van der Waals surface area contributed by atoms with Gasteiger partial charge in [0.05, 0.1) is 11.1 Å². The van der Waals surface area contributed by atoms with Crippen LogP contribution in [0.25, 0.3) is 21.7 Å². The molecule has 0 spiro atoms. The van der Waals surface area contributed by atoms with Gasteiger partial charge in [-0.25, -0.2) is 9.97 Å². The highest BCUT2D eigenvalue weighted by Crippen LogP contribution is 2.29. The summed E-state index contributed by atoms with van der Waals surface area (Å²) in [6.45, 7) is 2.23. The van der Waals surface area contributed by atoms with Gasteiger partial charge in [-0.2, -0.15) is 16.9 Å². The number of thiophene rings is 1. The van der Waals surface area contributed by atoms with Crippen molar-refractivity contribution in [2.45, 2.75) is 0 Å². The fourth-order valence-electron chi connectivity index (χ4n) is 3.16. The first-order valence-corrected chi connectivity index (χ1v) is 10.8. The Bertz CT molecular complexity index is 1040. The lowest BCUT2D eigenvalue weighted by molar-refractivity contribution is 0.859. The molecule has 4 aromatic rings. The zero-order valence-electron chi connectivity index (χ0n) is 14.6. The average Bonchev–Trinajstić information content (AvgIpc) is 3.41. The van der Waals surface area contributed by atoms with Gasteiger partial charge >= 0.3 is 0 Å². The Labute approximate surface area is 165 Å². The SMILES string of the molecule is c1csc(-c2nc(Nc3ccc(N4CCSCC4)cc3)c3[nH]ncc3n2)c1. The van der Waals surface area contributed by atoms with Gasteiger partial charge in [-0.15, -0.1) is 11.3 Å². The van der Waals surface area contributed by atoms with Gasteiger partial charge in [0.15, 0.2) is 11.6 Å². The zero-order chi connectivity index (χ0) is 18.1. The van der Waals surface area contributed by atoms with Crippen LogP contribution >= 0.6 is 23.1 Å². The van der Waals surface area contributed by atoms with E-state index in [0.717, 1.165) is 40.5 Å². The van der Waals surface area contributed by atoms with Crippen LogP contribution in [0.3, 0.4) is 0 Å². The number of anilines is 3. The second-order valence-electron chi connectivity index (χ2n) is 6.27. The normalized spacial score (nSPS) is 14.6. The summed E-state index contributed by atoms with van der Waals surface area (Å²) in [6, 6.07) is 12.6. The summed E-state index contributed by atoms with van der Waals surface area (Å²) in [5, 5.41) is 12.6. The molecule has 4 heterocycles. The number of hydrogen-bond donors (Lipinski definition) is 2. The lowest BCUT2D eigenvalue weighted by Gasteiger charge is -2.28. The summed E-state index contributed by atoms with van der Waals surface area (Å²) in [5.41, 5.74) is 3.89. The summed E-state index contributed by atoms with van der Waals surface area (Å²) < 4.78 is 0. The first kappa shape index (κ1) is 16.6. The number of H-pyrrole nitrogens is 1. The predicted molar refractivity (Wildman–Crippen MR) is 114 cm³/mol. The molecule has 1 aromatic carbocycles. The van der Waals surface area contributed by atoms with Crippen LogP contribution in [0.1, 0.15) is 0 Å². The molecule has 27 heavy (non-hydrogen) atoms.